The summed E-state index contributed by atoms with van der Waals surface area (Å²) in [5.74, 6) is 1.65. The number of anilines is 1. The van der Waals surface area contributed by atoms with E-state index in [9.17, 15) is 0 Å². The minimum atomic E-state index is 0.494. The summed E-state index contributed by atoms with van der Waals surface area (Å²) >= 11 is 0. The lowest BCUT2D eigenvalue weighted by molar-refractivity contribution is 0.962. The summed E-state index contributed by atoms with van der Waals surface area (Å²) < 4.78 is 0. The molecule has 0 unspecified atom stereocenters. The summed E-state index contributed by atoms with van der Waals surface area (Å²) in [5.41, 5.74) is 1.60. The number of nitrogens with one attached hydrogen (secondary N) is 1. The Kier molecular flexibility index (Phi) is 6.58. The maximum Gasteiger partial charge on any atom is 0.231 e. The van der Waals surface area contributed by atoms with E-state index in [1.807, 2.05) is 43.4 Å². The average Bonchev–Trinajstić information content (AvgIpc) is 2.69. The van der Waals surface area contributed by atoms with Crippen molar-refractivity contribution in [2.45, 2.75) is 13.3 Å². The fraction of sp³-hybridized carbons (Fsp3) is 0.158. The number of aromatic nitrogens is 3. The molecule has 2 rings (SSSR count). The lowest BCUT2D eigenvalue weighted by Crippen LogP contribution is -2.11. The molecule has 1 aromatic heterocycles. The predicted molar refractivity (Wildman–Crippen MR) is 100 cm³/mol. The van der Waals surface area contributed by atoms with Crippen molar-refractivity contribution in [2.24, 2.45) is 4.99 Å². The van der Waals surface area contributed by atoms with Crippen LogP contribution >= 0.6 is 0 Å². The molecule has 1 N–H and O–H groups in total. The van der Waals surface area contributed by atoms with Gasteiger partial charge in [-0.15, -0.1) is 0 Å². The zero-order valence-corrected chi connectivity index (χ0v) is 14.0. The standard InChI is InChI=1S/C19H21N5/c1-4-5-14-17(20-3)18-21-15(2)22-19(24-18)23-16-12-10-8-6-7-9-11-13-16/h4-10,12-14H,1,11H2,2-3H3,(H,21,22,23,24)/b8-6-,9-7-,12-10-,14-5-,16-13+,20-17?. The Bertz CT molecular complexity index is 764. The molecule has 0 saturated carbocycles. The molecule has 0 aromatic carbocycles. The summed E-state index contributed by atoms with van der Waals surface area (Å²) in [6, 6.07) is 0. The van der Waals surface area contributed by atoms with Gasteiger partial charge in [-0.05, 0) is 25.5 Å². The van der Waals surface area contributed by atoms with Crippen molar-refractivity contribution in [2.75, 3.05) is 12.4 Å². The van der Waals surface area contributed by atoms with E-state index in [0.29, 0.717) is 23.3 Å². The van der Waals surface area contributed by atoms with Crippen LogP contribution in [0.4, 0.5) is 5.95 Å². The Labute approximate surface area is 142 Å². The third kappa shape index (κ3) is 5.28. The van der Waals surface area contributed by atoms with Crippen molar-refractivity contribution in [3.63, 3.8) is 0 Å². The summed E-state index contributed by atoms with van der Waals surface area (Å²) in [4.78, 5) is 17.4. The Morgan fingerprint density at radius 1 is 1.21 bits per heavy atom. The van der Waals surface area contributed by atoms with Crippen LogP contribution in [0.5, 0.6) is 0 Å². The first-order valence-electron chi connectivity index (χ1n) is 7.69. The maximum atomic E-state index is 4.47. The molecule has 1 aliphatic carbocycles. The topological polar surface area (TPSA) is 63.1 Å². The molecule has 1 aliphatic rings. The normalized spacial score (nSPS) is 21.1. The summed E-state index contributed by atoms with van der Waals surface area (Å²) in [6.45, 7) is 5.50. The van der Waals surface area contributed by atoms with Crippen LogP contribution in [0.15, 0.2) is 78.0 Å². The van der Waals surface area contributed by atoms with Crippen molar-refractivity contribution in [1.82, 2.24) is 15.0 Å². The van der Waals surface area contributed by atoms with Gasteiger partial charge in [-0.2, -0.15) is 9.97 Å². The number of aryl methyl sites for hydroxylation is 1. The second-order valence-electron chi connectivity index (χ2n) is 4.93. The maximum absolute atomic E-state index is 4.47. The predicted octanol–water partition coefficient (Wildman–Crippen LogP) is 3.71. The molecule has 122 valence electrons. The fourth-order valence-electron chi connectivity index (χ4n) is 1.99. The second kappa shape index (κ2) is 9.15. The largest absolute Gasteiger partial charge is 0.324 e. The first-order valence-corrected chi connectivity index (χ1v) is 7.69. The van der Waals surface area contributed by atoms with Crippen LogP contribution in [-0.4, -0.2) is 27.7 Å². The monoisotopic (exact) mass is 319 g/mol. The van der Waals surface area contributed by atoms with Crippen molar-refractivity contribution in [3.8, 4) is 0 Å². The van der Waals surface area contributed by atoms with Gasteiger partial charge in [0.15, 0.2) is 5.82 Å². The highest BCUT2D eigenvalue weighted by atomic mass is 15.2. The van der Waals surface area contributed by atoms with Gasteiger partial charge in [-0.1, -0.05) is 55.2 Å². The Hall–Kier alpha value is -3.08. The molecule has 5 nitrogen and oxygen atoms in total. The van der Waals surface area contributed by atoms with E-state index in [2.05, 4.69) is 44.0 Å². The summed E-state index contributed by atoms with van der Waals surface area (Å²) in [7, 11) is 1.71. The van der Waals surface area contributed by atoms with Crippen LogP contribution in [0.3, 0.4) is 0 Å². The van der Waals surface area contributed by atoms with E-state index >= 15 is 0 Å². The van der Waals surface area contributed by atoms with Gasteiger partial charge < -0.3 is 5.32 Å². The van der Waals surface area contributed by atoms with E-state index in [4.69, 9.17) is 0 Å². The number of allylic oxidation sites excluding steroid dienone is 10. The molecule has 0 bridgehead atoms. The molecular weight excluding hydrogens is 298 g/mol. The van der Waals surface area contributed by atoms with Crippen molar-refractivity contribution >= 4 is 11.7 Å². The quantitative estimate of drug-likeness (QED) is 0.664. The zero-order valence-electron chi connectivity index (χ0n) is 14.0. The Morgan fingerprint density at radius 2 is 2.04 bits per heavy atom. The van der Waals surface area contributed by atoms with E-state index in [0.717, 1.165) is 12.1 Å². The van der Waals surface area contributed by atoms with Gasteiger partial charge in [-0.25, -0.2) is 4.98 Å². The van der Waals surface area contributed by atoms with Gasteiger partial charge in [0.25, 0.3) is 0 Å². The van der Waals surface area contributed by atoms with Crippen molar-refractivity contribution < 1.29 is 0 Å². The number of aliphatic imine (C=N–C) groups is 1. The molecule has 0 spiro atoms. The molecule has 5 heteroatoms. The third-order valence-electron chi connectivity index (χ3n) is 3.08. The van der Waals surface area contributed by atoms with Gasteiger partial charge in [0.05, 0.1) is 0 Å². The molecule has 0 atom stereocenters. The molecule has 0 radical (unpaired) electrons. The Balaban J connectivity index is 2.29. The van der Waals surface area contributed by atoms with E-state index < -0.39 is 0 Å². The van der Waals surface area contributed by atoms with Crippen LogP contribution in [0.2, 0.25) is 0 Å². The Morgan fingerprint density at radius 3 is 2.83 bits per heavy atom. The third-order valence-corrected chi connectivity index (χ3v) is 3.08. The molecule has 0 fully saturated rings. The van der Waals surface area contributed by atoms with Crippen LogP contribution in [0.1, 0.15) is 18.1 Å². The molecule has 0 saturated heterocycles. The first-order chi connectivity index (χ1) is 11.7. The van der Waals surface area contributed by atoms with Crippen LogP contribution < -0.4 is 5.32 Å². The fourth-order valence-corrected chi connectivity index (χ4v) is 1.99. The lowest BCUT2D eigenvalue weighted by Gasteiger charge is -2.08. The van der Waals surface area contributed by atoms with Gasteiger partial charge in [-0.3, -0.25) is 4.99 Å². The molecule has 0 amide bonds. The second-order valence-corrected chi connectivity index (χ2v) is 4.93. The molecular formula is C19H21N5. The highest BCUT2D eigenvalue weighted by molar-refractivity contribution is 6.06. The number of rotatable bonds is 5. The number of hydrogen-bond acceptors (Lipinski definition) is 5. The van der Waals surface area contributed by atoms with Crippen LogP contribution in [0.25, 0.3) is 0 Å². The lowest BCUT2D eigenvalue weighted by atomic mass is 10.3. The highest BCUT2D eigenvalue weighted by Crippen LogP contribution is 2.09. The number of nitrogens with zero attached hydrogens (tertiary/aromatic N) is 4. The van der Waals surface area contributed by atoms with Gasteiger partial charge in [0.2, 0.25) is 5.95 Å². The minimum absolute atomic E-state index is 0.494. The zero-order chi connectivity index (χ0) is 17.2. The smallest absolute Gasteiger partial charge is 0.231 e. The molecule has 0 aliphatic heterocycles. The van der Waals surface area contributed by atoms with E-state index in [1.54, 1.807) is 19.2 Å². The average molecular weight is 319 g/mol. The molecule has 24 heavy (non-hydrogen) atoms. The van der Waals surface area contributed by atoms with E-state index in [1.165, 1.54) is 0 Å². The minimum Gasteiger partial charge on any atom is -0.324 e. The van der Waals surface area contributed by atoms with Crippen LogP contribution in [0, 0.1) is 6.92 Å². The van der Waals surface area contributed by atoms with Gasteiger partial charge in [0.1, 0.15) is 11.5 Å². The highest BCUT2D eigenvalue weighted by Gasteiger charge is 2.08. The van der Waals surface area contributed by atoms with Gasteiger partial charge >= 0.3 is 0 Å². The van der Waals surface area contributed by atoms with Crippen molar-refractivity contribution in [1.29, 1.82) is 0 Å². The molecule has 1 aromatic rings. The van der Waals surface area contributed by atoms with Crippen molar-refractivity contribution in [3.05, 3.63) is 84.7 Å². The van der Waals surface area contributed by atoms with Crippen LogP contribution in [-0.2, 0) is 0 Å². The summed E-state index contributed by atoms with van der Waals surface area (Å²) in [5, 5.41) is 3.24. The molecule has 1 heterocycles. The first kappa shape index (κ1) is 17.3. The SMILES string of the molecule is C=C/C=C\C(=NC)c1nc(C)nc(NC2=C\C\C=C/C=C\C=C/2)n1. The summed E-state index contributed by atoms with van der Waals surface area (Å²) in [6.07, 6.45) is 20.2. The van der Waals surface area contributed by atoms with E-state index in [-0.39, 0.29) is 0 Å². The van der Waals surface area contributed by atoms with Gasteiger partial charge in [0, 0.05) is 12.7 Å². The number of hydrogen-bond donors (Lipinski definition) is 1.